The molecule has 0 atom stereocenters. The maximum absolute atomic E-state index is 13.3. The lowest BCUT2D eigenvalue weighted by atomic mass is 10.2. The highest BCUT2D eigenvalue weighted by Gasteiger charge is 2.34. The Hall–Kier alpha value is -1.91. The van der Waals surface area contributed by atoms with Gasteiger partial charge in [0.15, 0.2) is 0 Å². The SMILES string of the molecule is CC(C)(C)SCCNC(=O)CN(c1cc(C(F)(F)F)ccc1Cl)S(=O)(=O)c1ccccc1. The molecule has 32 heavy (non-hydrogen) atoms. The maximum Gasteiger partial charge on any atom is 0.416 e. The van der Waals surface area contributed by atoms with E-state index in [1.165, 1.54) is 24.3 Å². The van der Waals surface area contributed by atoms with E-state index in [1.807, 2.05) is 20.8 Å². The molecule has 0 saturated carbocycles. The smallest absolute Gasteiger partial charge is 0.354 e. The number of hydrogen-bond donors (Lipinski definition) is 1. The first-order valence-electron chi connectivity index (χ1n) is 9.57. The minimum atomic E-state index is -4.71. The Balaban J connectivity index is 2.38. The Bertz CT molecular complexity index is 1040. The van der Waals surface area contributed by atoms with E-state index >= 15 is 0 Å². The molecule has 0 heterocycles. The fourth-order valence-electron chi connectivity index (χ4n) is 2.63. The number of amides is 1. The summed E-state index contributed by atoms with van der Waals surface area (Å²) in [6.45, 7) is 5.60. The topological polar surface area (TPSA) is 66.5 Å². The summed E-state index contributed by atoms with van der Waals surface area (Å²) < 4.78 is 66.8. The van der Waals surface area contributed by atoms with Crippen molar-refractivity contribution in [3.05, 3.63) is 59.1 Å². The number of halogens is 4. The molecule has 0 saturated heterocycles. The van der Waals surface area contributed by atoms with Crippen LogP contribution in [0.25, 0.3) is 0 Å². The van der Waals surface area contributed by atoms with Crippen LogP contribution < -0.4 is 9.62 Å². The number of nitrogens with one attached hydrogen (secondary N) is 1. The first-order chi connectivity index (χ1) is 14.7. The summed E-state index contributed by atoms with van der Waals surface area (Å²) in [5.41, 5.74) is -1.50. The number of carbonyl (C=O) groups is 1. The fourth-order valence-corrected chi connectivity index (χ4v) is 5.17. The highest BCUT2D eigenvalue weighted by molar-refractivity contribution is 8.00. The average Bonchev–Trinajstić information content (AvgIpc) is 2.69. The number of nitrogens with zero attached hydrogens (tertiary/aromatic N) is 1. The summed E-state index contributed by atoms with van der Waals surface area (Å²) >= 11 is 7.69. The van der Waals surface area contributed by atoms with Crippen LogP contribution in [0, 0.1) is 0 Å². The van der Waals surface area contributed by atoms with E-state index in [4.69, 9.17) is 11.6 Å². The van der Waals surface area contributed by atoms with Crippen LogP contribution in [0.1, 0.15) is 26.3 Å². The van der Waals surface area contributed by atoms with Gasteiger partial charge in [-0.3, -0.25) is 9.10 Å². The van der Waals surface area contributed by atoms with Crippen molar-refractivity contribution in [3.8, 4) is 0 Å². The zero-order valence-corrected chi connectivity index (χ0v) is 20.1. The van der Waals surface area contributed by atoms with Gasteiger partial charge in [-0.05, 0) is 30.3 Å². The maximum atomic E-state index is 13.3. The van der Waals surface area contributed by atoms with E-state index in [0.717, 1.165) is 12.1 Å². The molecule has 2 aromatic rings. The largest absolute Gasteiger partial charge is 0.416 e. The number of alkyl halides is 3. The van der Waals surface area contributed by atoms with Gasteiger partial charge in [-0.2, -0.15) is 24.9 Å². The van der Waals surface area contributed by atoms with Crippen molar-refractivity contribution in [2.45, 2.75) is 36.6 Å². The van der Waals surface area contributed by atoms with Crippen LogP contribution >= 0.6 is 23.4 Å². The van der Waals surface area contributed by atoms with Crippen molar-refractivity contribution < 1.29 is 26.4 Å². The molecule has 0 unspecified atom stereocenters. The van der Waals surface area contributed by atoms with E-state index in [0.29, 0.717) is 16.1 Å². The van der Waals surface area contributed by atoms with Crippen molar-refractivity contribution >= 4 is 45.0 Å². The van der Waals surface area contributed by atoms with E-state index in [1.54, 1.807) is 17.8 Å². The number of thioether (sulfide) groups is 1. The molecule has 0 aliphatic carbocycles. The third-order valence-corrected chi connectivity index (χ3v) is 7.49. The zero-order valence-electron chi connectivity index (χ0n) is 17.7. The van der Waals surface area contributed by atoms with E-state index in [2.05, 4.69) is 5.32 Å². The lowest BCUT2D eigenvalue weighted by molar-refractivity contribution is -0.137. The lowest BCUT2D eigenvalue weighted by Crippen LogP contribution is -2.41. The monoisotopic (exact) mass is 508 g/mol. The molecule has 2 aromatic carbocycles. The zero-order chi connectivity index (χ0) is 24.2. The fraction of sp³-hybridized carbons (Fsp3) is 0.381. The second-order valence-electron chi connectivity index (χ2n) is 7.80. The Morgan fingerprint density at radius 2 is 1.72 bits per heavy atom. The average molecular weight is 509 g/mol. The van der Waals surface area contributed by atoms with E-state index in [9.17, 15) is 26.4 Å². The van der Waals surface area contributed by atoms with Gasteiger partial charge in [-0.1, -0.05) is 50.6 Å². The molecule has 0 radical (unpaired) electrons. The lowest BCUT2D eigenvalue weighted by Gasteiger charge is -2.26. The Morgan fingerprint density at radius 3 is 2.28 bits per heavy atom. The Kier molecular flexibility index (Phi) is 8.52. The molecule has 0 aliphatic heterocycles. The predicted octanol–water partition coefficient (Wildman–Crippen LogP) is 5.20. The highest BCUT2D eigenvalue weighted by atomic mass is 35.5. The summed E-state index contributed by atoms with van der Waals surface area (Å²) in [6, 6.07) is 9.48. The van der Waals surface area contributed by atoms with Crippen LogP contribution in [0.15, 0.2) is 53.4 Å². The van der Waals surface area contributed by atoms with Gasteiger partial charge in [0.05, 0.1) is 21.2 Å². The number of benzene rings is 2. The van der Waals surface area contributed by atoms with E-state index < -0.39 is 39.9 Å². The molecule has 11 heteroatoms. The van der Waals surface area contributed by atoms with Crippen molar-refractivity contribution in [2.75, 3.05) is 23.1 Å². The van der Waals surface area contributed by atoms with Crippen LogP contribution in [0.3, 0.4) is 0 Å². The van der Waals surface area contributed by atoms with Crippen molar-refractivity contribution in [3.63, 3.8) is 0 Å². The normalized spacial score (nSPS) is 12.5. The Morgan fingerprint density at radius 1 is 1.09 bits per heavy atom. The van der Waals surface area contributed by atoms with Gasteiger partial charge in [0.1, 0.15) is 6.54 Å². The molecule has 0 aliphatic rings. The molecule has 2 rings (SSSR count). The summed E-state index contributed by atoms with van der Waals surface area (Å²) in [4.78, 5) is 12.4. The number of anilines is 1. The summed E-state index contributed by atoms with van der Waals surface area (Å²) in [6.07, 6.45) is -4.71. The van der Waals surface area contributed by atoms with Crippen molar-refractivity contribution in [1.29, 1.82) is 0 Å². The molecular weight excluding hydrogens is 485 g/mol. The van der Waals surface area contributed by atoms with Gasteiger partial charge < -0.3 is 5.32 Å². The van der Waals surface area contributed by atoms with Gasteiger partial charge in [-0.25, -0.2) is 8.42 Å². The van der Waals surface area contributed by atoms with Gasteiger partial charge in [0.2, 0.25) is 5.91 Å². The second kappa shape index (κ2) is 10.4. The third kappa shape index (κ3) is 7.31. The molecule has 1 amide bonds. The molecule has 0 bridgehead atoms. The highest BCUT2D eigenvalue weighted by Crippen LogP contribution is 2.37. The summed E-state index contributed by atoms with van der Waals surface area (Å²) in [7, 11) is -4.37. The number of rotatable bonds is 8. The number of hydrogen-bond acceptors (Lipinski definition) is 4. The van der Waals surface area contributed by atoms with Gasteiger partial charge in [0, 0.05) is 17.0 Å². The molecule has 1 N–H and O–H groups in total. The Labute approximate surface area is 195 Å². The molecule has 5 nitrogen and oxygen atoms in total. The van der Waals surface area contributed by atoms with Crippen LogP contribution in [0.4, 0.5) is 18.9 Å². The second-order valence-corrected chi connectivity index (χ2v) is 12.0. The van der Waals surface area contributed by atoms with Crippen LogP contribution in [0.2, 0.25) is 5.02 Å². The van der Waals surface area contributed by atoms with Gasteiger partial charge in [-0.15, -0.1) is 0 Å². The van der Waals surface area contributed by atoms with Gasteiger partial charge >= 0.3 is 6.18 Å². The van der Waals surface area contributed by atoms with Crippen molar-refractivity contribution in [2.24, 2.45) is 0 Å². The van der Waals surface area contributed by atoms with E-state index in [-0.39, 0.29) is 21.2 Å². The molecule has 0 spiro atoms. The summed E-state index contributed by atoms with van der Waals surface area (Å²) in [5.74, 6) is -0.0714. The van der Waals surface area contributed by atoms with Crippen molar-refractivity contribution in [1.82, 2.24) is 5.32 Å². The number of sulfonamides is 1. The van der Waals surface area contributed by atoms with Crippen LogP contribution in [-0.4, -0.2) is 37.9 Å². The van der Waals surface area contributed by atoms with Gasteiger partial charge in [0.25, 0.3) is 10.0 Å². The molecule has 0 fully saturated rings. The van der Waals surface area contributed by atoms with Crippen LogP contribution in [0.5, 0.6) is 0 Å². The minimum absolute atomic E-state index is 0.0149. The standard InChI is InChI=1S/C21H24ClF3N2O3S2/c1-20(2,3)31-12-11-26-19(28)14-27(32(29,30)16-7-5-4-6-8-16)18-13-15(21(23,24)25)9-10-17(18)22/h4-10,13H,11-12,14H2,1-3H3,(H,26,28). The third-order valence-electron chi connectivity index (χ3n) is 4.12. The first kappa shape index (κ1) is 26.3. The minimum Gasteiger partial charge on any atom is -0.354 e. The number of carbonyl (C=O) groups excluding carboxylic acids is 1. The predicted molar refractivity (Wildman–Crippen MR) is 123 cm³/mol. The quantitative estimate of drug-likeness (QED) is 0.498. The summed E-state index contributed by atoms with van der Waals surface area (Å²) in [5, 5.41) is 2.38. The molecule has 0 aromatic heterocycles. The molecule has 176 valence electrons. The molecular formula is C21H24ClF3N2O3S2. The first-order valence-corrected chi connectivity index (χ1v) is 12.4. The van der Waals surface area contributed by atoms with Crippen LogP contribution in [-0.2, 0) is 21.0 Å².